The van der Waals surface area contributed by atoms with Crippen LogP contribution < -0.4 is 0 Å². The molecule has 1 atom stereocenters. The first-order valence-electron chi connectivity index (χ1n) is 8.20. The van der Waals surface area contributed by atoms with Crippen LogP contribution in [0.4, 0.5) is 0 Å². The Morgan fingerprint density at radius 1 is 1.23 bits per heavy atom. The van der Waals surface area contributed by atoms with Crippen LogP contribution in [-0.4, -0.2) is 41.9 Å². The fraction of sp³-hybridized carbons (Fsp3) is 0.611. The maximum Gasteiger partial charge on any atom is 0.226 e. The van der Waals surface area contributed by atoms with Gasteiger partial charge in [0.1, 0.15) is 0 Å². The highest BCUT2D eigenvalue weighted by molar-refractivity contribution is 8.93. The van der Waals surface area contributed by atoms with Gasteiger partial charge >= 0.3 is 0 Å². The first-order valence-corrected chi connectivity index (χ1v) is 8.20. The summed E-state index contributed by atoms with van der Waals surface area (Å²) in [5, 5.41) is 0. The van der Waals surface area contributed by atoms with Crippen molar-refractivity contribution in [3.05, 3.63) is 35.4 Å². The third-order valence-electron chi connectivity index (χ3n) is 4.46. The highest BCUT2D eigenvalue weighted by Gasteiger charge is 2.28. The van der Waals surface area contributed by atoms with E-state index < -0.39 is 0 Å². The lowest BCUT2D eigenvalue weighted by Crippen LogP contribution is -2.44. The first kappa shape index (κ1) is 19.2. The molecule has 4 heteroatoms. The topological polar surface area (TPSA) is 23.6 Å². The second-order valence-corrected chi connectivity index (χ2v) is 6.07. The molecule has 1 heterocycles. The van der Waals surface area contributed by atoms with Crippen molar-refractivity contribution in [1.82, 2.24) is 9.80 Å². The van der Waals surface area contributed by atoms with Crippen molar-refractivity contribution in [2.24, 2.45) is 5.92 Å². The van der Waals surface area contributed by atoms with Crippen molar-refractivity contribution < 1.29 is 4.79 Å². The minimum atomic E-state index is 0. The minimum Gasteiger partial charge on any atom is -0.343 e. The zero-order chi connectivity index (χ0) is 15.2. The average Bonchev–Trinajstić information content (AvgIpc) is 2.51. The molecule has 1 amide bonds. The van der Waals surface area contributed by atoms with Crippen molar-refractivity contribution in [2.75, 3.05) is 26.2 Å². The Hall–Kier alpha value is -0.870. The zero-order valence-electron chi connectivity index (χ0n) is 14.0. The first-order chi connectivity index (χ1) is 10.1. The molecule has 0 saturated carbocycles. The lowest BCUT2D eigenvalue weighted by Gasteiger charge is -2.34. The van der Waals surface area contributed by atoms with Gasteiger partial charge in [0.2, 0.25) is 5.91 Å². The van der Waals surface area contributed by atoms with Gasteiger partial charge in [-0.1, -0.05) is 29.8 Å². The molecule has 1 aromatic carbocycles. The van der Waals surface area contributed by atoms with Gasteiger partial charge in [-0.25, -0.2) is 0 Å². The molecule has 1 aliphatic heterocycles. The monoisotopic (exact) mass is 368 g/mol. The number of benzene rings is 1. The summed E-state index contributed by atoms with van der Waals surface area (Å²) in [5.74, 6) is 0.526. The number of carbonyl (C=O) groups is 1. The summed E-state index contributed by atoms with van der Waals surface area (Å²) in [4.78, 5) is 16.9. The van der Waals surface area contributed by atoms with E-state index in [9.17, 15) is 4.79 Å². The van der Waals surface area contributed by atoms with Gasteiger partial charge in [-0.2, -0.15) is 0 Å². The van der Waals surface area contributed by atoms with Crippen LogP contribution >= 0.6 is 17.0 Å². The van der Waals surface area contributed by atoms with E-state index in [1.54, 1.807) is 0 Å². The Balaban J connectivity index is 0.00000242. The van der Waals surface area contributed by atoms with E-state index >= 15 is 0 Å². The summed E-state index contributed by atoms with van der Waals surface area (Å²) in [6.45, 7) is 10.9. The molecule has 1 fully saturated rings. The molecular weight excluding hydrogens is 340 g/mol. The van der Waals surface area contributed by atoms with Gasteiger partial charge in [0.15, 0.2) is 0 Å². The van der Waals surface area contributed by atoms with E-state index in [1.807, 2.05) is 4.90 Å². The van der Waals surface area contributed by atoms with Crippen LogP contribution in [0.3, 0.4) is 0 Å². The van der Waals surface area contributed by atoms with Gasteiger partial charge in [0, 0.05) is 26.2 Å². The van der Waals surface area contributed by atoms with Crippen LogP contribution in [0.2, 0.25) is 0 Å². The molecule has 2 rings (SSSR count). The number of rotatable bonds is 5. The maximum atomic E-state index is 12.5. The van der Waals surface area contributed by atoms with Crippen LogP contribution in [-0.2, 0) is 11.3 Å². The quantitative estimate of drug-likeness (QED) is 0.791. The fourth-order valence-electron chi connectivity index (χ4n) is 3.15. The molecule has 0 bridgehead atoms. The summed E-state index contributed by atoms with van der Waals surface area (Å²) in [6, 6.07) is 8.73. The van der Waals surface area contributed by atoms with Crippen molar-refractivity contribution >= 4 is 22.9 Å². The molecule has 0 N–H and O–H groups in total. The Labute approximate surface area is 145 Å². The molecular formula is C18H29BrN2O. The Morgan fingerprint density at radius 3 is 2.45 bits per heavy atom. The normalized spacial score (nSPS) is 18.6. The fourth-order valence-corrected chi connectivity index (χ4v) is 3.15. The van der Waals surface area contributed by atoms with Crippen LogP contribution in [0.15, 0.2) is 24.3 Å². The molecule has 1 unspecified atom stereocenters. The van der Waals surface area contributed by atoms with E-state index in [4.69, 9.17) is 0 Å². The molecule has 3 nitrogen and oxygen atoms in total. The van der Waals surface area contributed by atoms with E-state index in [-0.39, 0.29) is 22.9 Å². The van der Waals surface area contributed by atoms with Crippen LogP contribution in [0.5, 0.6) is 0 Å². The summed E-state index contributed by atoms with van der Waals surface area (Å²) in [6.07, 6.45) is 2.17. The maximum absolute atomic E-state index is 12.5. The molecule has 0 aromatic heterocycles. The Bertz CT molecular complexity index is 457. The largest absolute Gasteiger partial charge is 0.343 e. The minimum absolute atomic E-state index is 0. The van der Waals surface area contributed by atoms with Gasteiger partial charge in [0.25, 0.3) is 0 Å². The van der Waals surface area contributed by atoms with E-state index in [2.05, 4.69) is 49.9 Å². The van der Waals surface area contributed by atoms with E-state index in [0.717, 1.165) is 45.6 Å². The third-order valence-corrected chi connectivity index (χ3v) is 4.46. The van der Waals surface area contributed by atoms with Crippen molar-refractivity contribution in [3.8, 4) is 0 Å². The second kappa shape index (κ2) is 9.31. The predicted molar refractivity (Wildman–Crippen MR) is 97.4 cm³/mol. The second-order valence-electron chi connectivity index (χ2n) is 6.07. The lowest BCUT2D eigenvalue weighted by molar-refractivity contribution is -0.137. The highest BCUT2D eigenvalue weighted by atomic mass is 79.9. The van der Waals surface area contributed by atoms with Crippen molar-refractivity contribution in [2.45, 2.75) is 40.2 Å². The van der Waals surface area contributed by atoms with Crippen LogP contribution in [0, 0.1) is 12.8 Å². The van der Waals surface area contributed by atoms with Gasteiger partial charge in [-0.05, 0) is 45.7 Å². The number of halogens is 1. The van der Waals surface area contributed by atoms with Crippen molar-refractivity contribution in [1.29, 1.82) is 0 Å². The Morgan fingerprint density at radius 2 is 1.86 bits per heavy atom. The molecule has 0 radical (unpaired) electrons. The predicted octanol–water partition coefficient (Wildman–Crippen LogP) is 3.65. The van der Waals surface area contributed by atoms with Crippen LogP contribution in [0.1, 0.15) is 37.8 Å². The smallest absolute Gasteiger partial charge is 0.226 e. The molecule has 1 aromatic rings. The molecule has 0 aliphatic carbocycles. The number of piperidine rings is 1. The SMILES string of the molecule is Br.CCN(CC)C(=O)C1CCCN(Cc2ccc(C)cc2)C1. The number of likely N-dealkylation sites (tertiary alicyclic amines) is 1. The third kappa shape index (κ3) is 5.10. The van der Waals surface area contributed by atoms with Gasteiger partial charge in [-0.15, -0.1) is 17.0 Å². The van der Waals surface area contributed by atoms with Gasteiger partial charge < -0.3 is 4.90 Å². The Kier molecular flexibility index (Phi) is 8.12. The highest BCUT2D eigenvalue weighted by Crippen LogP contribution is 2.20. The number of hydrogen-bond donors (Lipinski definition) is 0. The molecule has 22 heavy (non-hydrogen) atoms. The molecule has 0 spiro atoms. The number of hydrogen-bond acceptors (Lipinski definition) is 2. The number of nitrogens with zero attached hydrogens (tertiary/aromatic N) is 2. The van der Waals surface area contributed by atoms with Crippen molar-refractivity contribution in [3.63, 3.8) is 0 Å². The van der Waals surface area contributed by atoms with Gasteiger partial charge in [0.05, 0.1) is 5.92 Å². The standard InChI is InChI=1S/C18H28N2O.BrH/c1-4-20(5-2)18(21)17-7-6-12-19(14-17)13-16-10-8-15(3)9-11-16;/h8-11,17H,4-7,12-14H2,1-3H3;1H. The summed E-state index contributed by atoms with van der Waals surface area (Å²) in [7, 11) is 0. The summed E-state index contributed by atoms with van der Waals surface area (Å²) < 4.78 is 0. The molecule has 1 saturated heterocycles. The zero-order valence-corrected chi connectivity index (χ0v) is 15.8. The molecule has 1 aliphatic rings. The van der Waals surface area contributed by atoms with Gasteiger partial charge in [-0.3, -0.25) is 9.69 Å². The lowest BCUT2D eigenvalue weighted by atomic mass is 9.96. The van der Waals surface area contributed by atoms with E-state index in [1.165, 1.54) is 11.1 Å². The number of carbonyl (C=O) groups excluding carboxylic acids is 1. The number of aryl methyl sites for hydroxylation is 1. The summed E-state index contributed by atoms with van der Waals surface area (Å²) >= 11 is 0. The average molecular weight is 369 g/mol. The summed E-state index contributed by atoms with van der Waals surface area (Å²) in [5.41, 5.74) is 2.64. The molecule has 124 valence electrons. The number of amides is 1. The van der Waals surface area contributed by atoms with E-state index in [0.29, 0.717) is 5.91 Å². The van der Waals surface area contributed by atoms with Crippen LogP contribution in [0.25, 0.3) is 0 Å².